The van der Waals surface area contributed by atoms with Crippen LogP contribution in [-0.2, 0) is 0 Å². The number of hydrogen-bond donors (Lipinski definition) is 3. The van der Waals surface area contributed by atoms with E-state index in [2.05, 4.69) is 0 Å². The summed E-state index contributed by atoms with van der Waals surface area (Å²) in [6, 6.07) is 3.38. The van der Waals surface area contributed by atoms with Gasteiger partial charge in [-0.05, 0) is 24.6 Å². The molecule has 13 heavy (non-hydrogen) atoms. The summed E-state index contributed by atoms with van der Waals surface area (Å²) in [5.41, 5.74) is 12.0. The van der Waals surface area contributed by atoms with Crippen molar-refractivity contribution in [3.63, 3.8) is 0 Å². The summed E-state index contributed by atoms with van der Waals surface area (Å²) < 4.78 is 12.6. The Labute approximate surface area is 76.2 Å². The fraction of sp³-hybridized carbons (Fsp3) is 0.333. The molecule has 2 unspecified atom stereocenters. The lowest BCUT2D eigenvalue weighted by Gasteiger charge is -2.16. The molecule has 5 N–H and O–H groups in total. The van der Waals surface area contributed by atoms with Crippen LogP contribution in [0.15, 0.2) is 18.2 Å². The van der Waals surface area contributed by atoms with Crippen LogP contribution in [0.4, 0.5) is 10.1 Å². The average Bonchev–Trinajstić information content (AvgIpc) is 2.03. The predicted octanol–water partition coefficient (Wildman–Crippen LogP) is 0.789. The van der Waals surface area contributed by atoms with Crippen molar-refractivity contribution >= 4 is 5.69 Å². The van der Waals surface area contributed by atoms with E-state index in [4.69, 9.17) is 11.5 Å². The number of rotatable bonds is 2. The van der Waals surface area contributed by atoms with Crippen molar-refractivity contribution in [1.82, 2.24) is 0 Å². The molecule has 1 aromatic rings. The third-order valence-corrected chi connectivity index (χ3v) is 1.93. The Balaban J connectivity index is 3.01. The van der Waals surface area contributed by atoms with Crippen LogP contribution in [0.2, 0.25) is 0 Å². The minimum Gasteiger partial charge on any atom is -0.398 e. The quantitative estimate of drug-likeness (QED) is 0.595. The normalized spacial score (nSPS) is 15.4. The zero-order valence-corrected chi connectivity index (χ0v) is 7.37. The maximum Gasteiger partial charge on any atom is 0.125 e. The van der Waals surface area contributed by atoms with Crippen molar-refractivity contribution < 1.29 is 9.50 Å². The summed E-state index contributed by atoms with van der Waals surface area (Å²) in [5.74, 6) is -0.404. The maximum absolute atomic E-state index is 12.6. The van der Waals surface area contributed by atoms with Crippen molar-refractivity contribution in [2.45, 2.75) is 19.1 Å². The number of benzene rings is 1. The summed E-state index contributed by atoms with van der Waals surface area (Å²) in [5, 5.41) is 9.19. The topological polar surface area (TPSA) is 72.3 Å². The van der Waals surface area contributed by atoms with Crippen molar-refractivity contribution in [2.75, 3.05) is 5.73 Å². The molecule has 0 saturated carbocycles. The van der Waals surface area contributed by atoms with E-state index in [0.29, 0.717) is 5.56 Å². The molecule has 0 spiro atoms. The van der Waals surface area contributed by atoms with Gasteiger partial charge >= 0.3 is 0 Å². The number of halogens is 1. The molecule has 0 heterocycles. The zero-order valence-electron chi connectivity index (χ0n) is 7.37. The van der Waals surface area contributed by atoms with Crippen LogP contribution >= 0.6 is 0 Å². The Morgan fingerprint density at radius 1 is 1.46 bits per heavy atom. The highest BCUT2D eigenvalue weighted by Crippen LogP contribution is 2.21. The van der Waals surface area contributed by atoms with E-state index in [0.717, 1.165) is 0 Å². The van der Waals surface area contributed by atoms with Crippen molar-refractivity contribution in [3.05, 3.63) is 29.6 Å². The number of aliphatic hydroxyl groups excluding tert-OH is 1. The standard InChI is InChI=1S/C9H13FN2O/c1-5(13)9(12)7-3-2-6(10)4-8(7)11/h2-5,9,13H,11-12H2,1H3. The lowest BCUT2D eigenvalue weighted by Crippen LogP contribution is -2.24. The smallest absolute Gasteiger partial charge is 0.125 e. The van der Waals surface area contributed by atoms with Crippen LogP contribution < -0.4 is 11.5 Å². The van der Waals surface area contributed by atoms with Gasteiger partial charge in [0.05, 0.1) is 12.1 Å². The number of hydrogen-bond acceptors (Lipinski definition) is 3. The van der Waals surface area contributed by atoms with E-state index in [9.17, 15) is 9.50 Å². The minimum atomic E-state index is -0.701. The first-order valence-electron chi connectivity index (χ1n) is 4.01. The Bertz CT molecular complexity index is 302. The Hall–Kier alpha value is -1.13. The summed E-state index contributed by atoms with van der Waals surface area (Å²) >= 11 is 0. The molecule has 72 valence electrons. The van der Waals surface area contributed by atoms with Gasteiger partial charge in [-0.15, -0.1) is 0 Å². The van der Waals surface area contributed by atoms with Crippen LogP contribution in [0, 0.1) is 5.82 Å². The zero-order chi connectivity index (χ0) is 10.0. The average molecular weight is 184 g/mol. The molecule has 0 aliphatic heterocycles. The monoisotopic (exact) mass is 184 g/mol. The van der Waals surface area contributed by atoms with E-state index < -0.39 is 18.0 Å². The highest BCUT2D eigenvalue weighted by molar-refractivity contribution is 5.48. The molecule has 0 saturated heterocycles. The first kappa shape index (κ1) is 9.95. The van der Waals surface area contributed by atoms with Gasteiger partial charge in [0.1, 0.15) is 5.82 Å². The molecular formula is C9H13FN2O. The van der Waals surface area contributed by atoms with Gasteiger partial charge in [-0.2, -0.15) is 0 Å². The molecule has 2 atom stereocenters. The molecule has 4 heteroatoms. The van der Waals surface area contributed by atoms with Crippen LogP contribution in [-0.4, -0.2) is 11.2 Å². The Morgan fingerprint density at radius 2 is 2.08 bits per heavy atom. The molecule has 1 rings (SSSR count). The summed E-state index contributed by atoms with van der Waals surface area (Å²) in [6.45, 7) is 1.56. The fourth-order valence-electron chi connectivity index (χ4n) is 1.11. The fourth-order valence-corrected chi connectivity index (χ4v) is 1.11. The van der Waals surface area contributed by atoms with Crippen molar-refractivity contribution in [1.29, 1.82) is 0 Å². The lowest BCUT2D eigenvalue weighted by molar-refractivity contribution is 0.164. The Kier molecular flexibility index (Phi) is 2.85. The molecule has 0 aliphatic carbocycles. The summed E-state index contributed by atoms with van der Waals surface area (Å²) in [7, 11) is 0. The lowest BCUT2D eigenvalue weighted by atomic mass is 10.0. The largest absolute Gasteiger partial charge is 0.398 e. The molecule has 0 radical (unpaired) electrons. The van der Waals surface area contributed by atoms with Gasteiger partial charge in [0.25, 0.3) is 0 Å². The van der Waals surface area contributed by atoms with E-state index in [1.54, 1.807) is 6.92 Å². The first-order chi connectivity index (χ1) is 6.02. The SMILES string of the molecule is CC(O)C(N)c1ccc(F)cc1N. The molecule has 0 bridgehead atoms. The minimum absolute atomic E-state index is 0.272. The van der Waals surface area contributed by atoms with Gasteiger partial charge in [0.15, 0.2) is 0 Å². The van der Waals surface area contributed by atoms with Crippen LogP contribution in [0.3, 0.4) is 0 Å². The highest BCUT2D eigenvalue weighted by atomic mass is 19.1. The molecule has 0 amide bonds. The second-order valence-corrected chi connectivity index (χ2v) is 3.04. The molecular weight excluding hydrogens is 171 g/mol. The molecule has 0 aliphatic rings. The number of nitrogen functional groups attached to an aromatic ring is 1. The van der Waals surface area contributed by atoms with E-state index >= 15 is 0 Å². The summed E-state index contributed by atoms with van der Waals surface area (Å²) in [6.07, 6.45) is -0.701. The van der Waals surface area contributed by atoms with Gasteiger partial charge in [-0.3, -0.25) is 0 Å². The summed E-state index contributed by atoms with van der Waals surface area (Å²) in [4.78, 5) is 0. The molecule has 0 fully saturated rings. The van der Waals surface area contributed by atoms with Crippen LogP contribution in [0.25, 0.3) is 0 Å². The second kappa shape index (κ2) is 3.72. The van der Waals surface area contributed by atoms with Gasteiger partial charge in [0.2, 0.25) is 0 Å². The highest BCUT2D eigenvalue weighted by Gasteiger charge is 2.14. The third kappa shape index (κ3) is 2.17. The van der Waals surface area contributed by atoms with Crippen molar-refractivity contribution in [2.24, 2.45) is 5.73 Å². The number of nitrogens with two attached hydrogens (primary N) is 2. The van der Waals surface area contributed by atoms with Gasteiger partial charge in [-0.25, -0.2) is 4.39 Å². The molecule has 0 aromatic heterocycles. The number of aliphatic hydroxyl groups is 1. The Morgan fingerprint density at radius 3 is 2.54 bits per heavy atom. The van der Waals surface area contributed by atoms with E-state index in [-0.39, 0.29) is 5.69 Å². The third-order valence-electron chi connectivity index (χ3n) is 1.93. The van der Waals surface area contributed by atoms with Crippen LogP contribution in [0.5, 0.6) is 0 Å². The second-order valence-electron chi connectivity index (χ2n) is 3.04. The maximum atomic E-state index is 12.6. The molecule has 3 nitrogen and oxygen atoms in total. The first-order valence-corrected chi connectivity index (χ1v) is 4.01. The van der Waals surface area contributed by atoms with Gasteiger partial charge < -0.3 is 16.6 Å². The van der Waals surface area contributed by atoms with E-state index in [1.807, 2.05) is 0 Å². The van der Waals surface area contributed by atoms with Crippen LogP contribution in [0.1, 0.15) is 18.5 Å². The number of anilines is 1. The van der Waals surface area contributed by atoms with E-state index in [1.165, 1.54) is 18.2 Å². The van der Waals surface area contributed by atoms with Gasteiger partial charge in [0, 0.05) is 5.69 Å². The molecule has 1 aromatic carbocycles. The predicted molar refractivity (Wildman–Crippen MR) is 49.4 cm³/mol. The van der Waals surface area contributed by atoms with Crippen molar-refractivity contribution in [3.8, 4) is 0 Å². The van der Waals surface area contributed by atoms with Gasteiger partial charge in [-0.1, -0.05) is 6.07 Å².